The second kappa shape index (κ2) is 7.83. The van der Waals surface area contributed by atoms with Crippen molar-refractivity contribution in [3.63, 3.8) is 0 Å². The maximum absolute atomic E-state index is 11.8. The molecule has 0 saturated carbocycles. The average Bonchev–Trinajstić information content (AvgIpc) is 3.08. The zero-order valence-corrected chi connectivity index (χ0v) is 14.7. The van der Waals surface area contributed by atoms with Crippen LogP contribution in [0.15, 0.2) is 53.5 Å². The van der Waals surface area contributed by atoms with Crippen LogP contribution in [0.5, 0.6) is 0 Å². The molecule has 2 aromatic rings. The molecule has 0 spiro atoms. The maximum Gasteiger partial charge on any atom is 0.251 e. The predicted octanol–water partition coefficient (Wildman–Crippen LogP) is 2.57. The topological polar surface area (TPSA) is 56.7 Å². The Morgan fingerprint density at radius 2 is 2.04 bits per heavy atom. The third kappa shape index (κ3) is 3.82. The van der Waals surface area contributed by atoms with Crippen molar-refractivity contribution in [2.45, 2.75) is 19.9 Å². The van der Waals surface area contributed by atoms with Gasteiger partial charge in [0.25, 0.3) is 5.91 Å². The summed E-state index contributed by atoms with van der Waals surface area (Å²) in [6.07, 6.45) is 1.03. The molecule has 0 bridgehead atoms. The number of nitrogens with one attached hydrogen (secondary N) is 2. The standard InChI is InChI=1S/C20H24N4O/c1-3-22-20(24-12-11-16-8-4-5-10-18(16)24)23-14-15-7-6-9-17(13-15)19(25)21-2/h4-10,13H,3,11-12,14H2,1-2H3,(H,21,25)(H,22,23). The lowest BCUT2D eigenvalue weighted by Crippen LogP contribution is -2.40. The number of carbonyl (C=O) groups excluding carboxylic acids is 1. The number of anilines is 1. The minimum absolute atomic E-state index is 0.0776. The first-order valence-electron chi connectivity index (χ1n) is 8.67. The molecule has 0 saturated heterocycles. The number of carbonyl (C=O) groups is 1. The third-order valence-electron chi connectivity index (χ3n) is 4.31. The van der Waals surface area contributed by atoms with Gasteiger partial charge in [0.05, 0.1) is 6.54 Å². The van der Waals surface area contributed by atoms with E-state index in [0.29, 0.717) is 12.1 Å². The number of fused-ring (bicyclic) bond motifs is 1. The van der Waals surface area contributed by atoms with Gasteiger partial charge in [0.2, 0.25) is 0 Å². The van der Waals surface area contributed by atoms with Crippen LogP contribution in [0.2, 0.25) is 0 Å². The largest absolute Gasteiger partial charge is 0.356 e. The van der Waals surface area contributed by atoms with Crippen LogP contribution in [-0.2, 0) is 13.0 Å². The molecule has 0 fully saturated rings. The van der Waals surface area contributed by atoms with Crippen LogP contribution in [0.25, 0.3) is 0 Å². The molecule has 1 aliphatic heterocycles. The number of guanidine groups is 1. The first-order valence-corrected chi connectivity index (χ1v) is 8.67. The van der Waals surface area contributed by atoms with Gasteiger partial charge in [-0.2, -0.15) is 0 Å². The van der Waals surface area contributed by atoms with Gasteiger partial charge in [-0.15, -0.1) is 0 Å². The van der Waals surface area contributed by atoms with Crippen LogP contribution in [-0.4, -0.2) is 32.0 Å². The molecule has 5 nitrogen and oxygen atoms in total. The van der Waals surface area contributed by atoms with Gasteiger partial charge in [0, 0.05) is 31.4 Å². The Morgan fingerprint density at radius 1 is 1.20 bits per heavy atom. The van der Waals surface area contributed by atoms with Gasteiger partial charge in [0.15, 0.2) is 5.96 Å². The molecule has 130 valence electrons. The van der Waals surface area contributed by atoms with E-state index < -0.39 is 0 Å². The Bertz CT molecular complexity index is 785. The van der Waals surface area contributed by atoms with Crippen molar-refractivity contribution in [1.82, 2.24) is 10.6 Å². The van der Waals surface area contributed by atoms with Crippen LogP contribution in [0.1, 0.15) is 28.4 Å². The molecule has 1 amide bonds. The molecular formula is C20H24N4O. The molecule has 0 atom stereocenters. The van der Waals surface area contributed by atoms with E-state index >= 15 is 0 Å². The molecule has 25 heavy (non-hydrogen) atoms. The van der Waals surface area contributed by atoms with Crippen molar-refractivity contribution < 1.29 is 4.79 Å². The van der Waals surface area contributed by atoms with Gasteiger partial charge >= 0.3 is 0 Å². The number of benzene rings is 2. The van der Waals surface area contributed by atoms with Crippen molar-refractivity contribution >= 4 is 17.6 Å². The summed E-state index contributed by atoms with van der Waals surface area (Å²) in [6.45, 7) is 4.36. The number of hydrogen-bond acceptors (Lipinski definition) is 2. The van der Waals surface area contributed by atoms with Gasteiger partial charge in [-0.05, 0) is 42.7 Å². The predicted molar refractivity (Wildman–Crippen MR) is 102 cm³/mol. The summed E-state index contributed by atoms with van der Waals surface area (Å²) in [5, 5.41) is 6.03. The Kier molecular flexibility index (Phi) is 5.33. The third-order valence-corrected chi connectivity index (χ3v) is 4.31. The van der Waals surface area contributed by atoms with Crippen LogP contribution in [0, 0.1) is 0 Å². The summed E-state index contributed by atoms with van der Waals surface area (Å²) in [5.41, 5.74) is 4.26. The number of amides is 1. The van der Waals surface area contributed by atoms with Crippen molar-refractivity contribution in [3.8, 4) is 0 Å². The molecule has 2 N–H and O–H groups in total. The first-order chi connectivity index (χ1) is 12.2. The molecule has 3 rings (SSSR count). The number of rotatable bonds is 4. The lowest BCUT2D eigenvalue weighted by atomic mass is 10.1. The molecule has 0 aromatic heterocycles. The van der Waals surface area contributed by atoms with Gasteiger partial charge in [-0.3, -0.25) is 4.79 Å². The first kappa shape index (κ1) is 17.0. The van der Waals surface area contributed by atoms with Crippen LogP contribution >= 0.6 is 0 Å². The van der Waals surface area contributed by atoms with E-state index in [-0.39, 0.29) is 5.91 Å². The number of para-hydroxylation sites is 1. The highest BCUT2D eigenvalue weighted by Gasteiger charge is 2.22. The van der Waals surface area contributed by atoms with Crippen molar-refractivity contribution in [3.05, 3.63) is 65.2 Å². The zero-order valence-electron chi connectivity index (χ0n) is 14.7. The molecule has 5 heteroatoms. The second-order valence-corrected chi connectivity index (χ2v) is 5.98. The van der Waals surface area contributed by atoms with Gasteiger partial charge in [0.1, 0.15) is 0 Å². The summed E-state index contributed by atoms with van der Waals surface area (Å²) in [4.78, 5) is 18.8. The minimum atomic E-state index is -0.0776. The zero-order chi connectivity index (χ0) is 17.6. The molecule has 0 radical (unpaired) electrons. The fraction of sp³-hybridized carbons (Fsp3) is 0.300. The maximum atomic E-state index is 11.8. The molecule has 2 aromatic carbocycles. The lowest BCUT2D eigenvalue weighted by molar-refractivity contribution is 0.0963. The summed E-state index contributed by atoms with van der Waals surface area (Å²) in [6, 6.07) is 16.1. The van der Waals surface area contributed by atoms with Gasteiger partial charge < -0.3 is 15.5 Å². The van der Waals surface area contributed by atoms with E-state index in [1.165, 1.54) is 11.3 Å². The Labute approximate surface area is 148 Å². The molecular weight excluding hydrogens is 312 g/mol. The summed E-state index contributed by atoms with van der Waals surface area (Å²) >= 11 is 0. The lowest BCUT2D eigenvalue weighted by Gasteiger charge is -2.22. The van der Waals surface area contributed by atoms with Crippen molar-refractivity contribution in [1.29, 1.82) is 0 Å². The van der Waals surface area contributed by atoms with E-state index in [4.69, 9.17) is 4.99 Å². The van der Waals surface area contributed by atoms with E-state index in [1.54, 1.807) is 7.05 Å². The minimum Gasteiger partial charge on any atom is -0.356 e. The van der Waals surface area contributed by atoms with E-state index in [2.05, 4.69) is 46.7 Å². The molecule has 0 aliphatic carbocycles. The number of aliphatic imine (C=N–C) groups is 1. The Morgan fingerprint density at radius 3 is 2.84 bits per heavy atom. The highest BCUT2D eigenvalue weighted by Crippen LogP contribution is 2.27. The van der Waals surface area contributed by atoms with Crippen molar-refractivity contribution in [2.75, 3.05) is 25.0 Å². The summed E-state index contributed by atoms with van der Waals surface area (Å²) in [7, 11) is 1.64. The quantitative estimate of drug-likeness (QED) is 0.666. The normalized spacial score (nSPS) is 13.5. The summed E-state index contributed by atoms with van der Waals surface area (Å²) < 4.78 is 0. The molecule has 1 aliphatic rings. The average molecular weight is 336 g/mol. The van der Waals surface area contributed by atoms with Crippen molar-refractivity contribution in [2.24, 2.45) is 4.99 Å². The van der Waals surface area contributed by atoms with Crippen LogP contribution < -0.4 is 15.5 Å². The van der Waals surface area contributed by atoms with Gasteiger partial charge in [-0.1, -0.05) is 30.3 Å². The number of hydrogen-bond donors (Lipinski definition) is 2. The van der Waals surface area contributed by atoms with Gasteiger partial charge in [-0.25, -0.2) is 4.99 Å². The molecule has 1 heterocycles. The fourth-order valence-corrected chi connectivity index (χ4v) is 3.07. The monoisotopic (exact) mass is 336 g/mol. The van der Waals surface area contributed by atoms with E-state index in [9.17, 15) is 4.79 Å². The van der Waals surface area contributed by atoms with E-state index in [0.717, 1.165) is 31.0 Å². The fourth-order valence-electron chi connectivity index (χ4n) is 3.07. The SMILES string of the molecule is CCNC(=NCc1cccc(C(=O)NC)c1)N1CCc2ccccc21. The van der Waals surface area contributed by atoms with E-state index in [1.807, 2.05) is 24.3 Å². The van der Waals surface area contributed by atoms with Crippen LogP contribution in [0.3, 0.4) is 0 Å². The number of nitrogens with zero attached hydrogens (tertiary/aromatic N) is 2. The molecule has 0 unspecified atom stereocenters. The second-order valence-electron chi connectivity index (χ2n) is 5.98. The smallest absolute Gasteiger partial charge is 0.251 e. The highest BCUT2D eigenvalue weighted by atomic mass is 16.1. The van der Waals surface area contributed by atoms with Crippen LogP contribution in [0.4, 0.5) is 5.69 Å². The Balaban J connectivity index is 1.81. The Hall–Kier alpha value is -2.82. The highest BCUT2D eigenvalue weighted by molar-refractivity contribution is 5.98. The summed E-state index contributed by atoms with van der Waals surface area (Å²) in [5.74, 6) is 0.809.